The summed E-state index contributed by atoms with van der Waals surface area (Å²) in [4.78, 5) is 30.8. The Hall–Kier alpha value is -2.90. The van der Waals surface area contributed by atoms with E-state index in [2.05, 4.69) is 15.5 Å². The van der Waals surface area contributed by atoms with Crippen molar-refractivity contribution in [3.05, 3.63) is 36.0 Å². The maximum absolute atomic E-state index is 12.4. The normalized spacial score (nSPS) is 19.4. The predicted molar refractivity (Wildman–Crippen MR) is 96.4 cm³/mol. The number of anilines is 1. The molecule has 0 bridgehead atoms. The SMILES string of the molecule is COc1ccccc1N1CC(C(=O)NCCc2nc(C3CC3)no2)CC1=O. The zero-order chi connectivity index (χ0) is 18.8. The van der Waals surface area contributed by atoms with Crippen LogP contribution in [0.1, 0.15) is 36.9 Å². The molecule has 2 aliphatic rings. The average Bonchev–Trinajstić information content (AvgIpc) is 3.30. The Morgan fingerprint density at radius 3 is 2.96 bits per heavy atom. The van der Waals surface area contributed by atoms with Crippen LogP contribution in [-0.4, -0.2) is 42.2 Å². The van der Waals surface area contributed by atoms with Gasteiger partial charge in [0.25, 0.3) is 0 Å². The molecule has 2 aromatic rings. The van der Waals surface area contributed by atoms with Gasteiger partial charge in [0.15, 0.2) is 5.82 Å². The maximum atomic E-state index is 12.4. The summed E-state index contributed by atoms with van der Waals surface area (Å²) >= 11 is 0. The van der Waals surface area contributed by atoms with Gasteiger partial charge in [0.1, 0.15) is 5.75 Å². The van der Waals surface area contributed by atoms with Crippen LogP contribution < -0.4 is 15.0 Å². The molecule has 1 aromatic carbocycles. The Bertz CT molecular complexity index is 846. The van der Waals surface area contributed by atoms with Crippen LogP contribution in [0.3, 0.4) is 0 Å². The third kappa shape index (κ3) is 3.79. The van der Waals surface area contributed by atoms with Gasteiger partial charge in [0.05, 0.1) is 18.7 Å². The van der Waals surface area contributed by atoms with Crippen molar-refractivity contribution in [2.45, 2.75) is 31.6 Å². The molecule has 2 amide bonds. The summed E-state index contributed by atoms with van der Waals surface area (Å²) in [5.41, 5.74) is 0.693. The molecule has 0 radical (unpaired) electrons. The van der Waals surface area contributed by atoms with Gasteiger partial charge in [-0.25, -0.2) is 0 Å². The summed E-state index contributed by atoms with van der Waals surface area (Å²) < 4.78 is 10.5. The molecule has 1 unspecified atom stereocenters. The Morgan fingerprint density at radius 2 is 2.19 bits per heavy atom. The molecule has 8 nitrogen and oxygen atoms in total. The van der Waals surface area contributed by atoms with E-state index in [0.717, 1.165) is 18.7 Å². The van der Waals surface area contributed by atoms with Gasteiger partial charge in [-0.05, 0) is 25.0 Å². The first kappa shape index (κ1) is 17.5. The van der Waals surface area contributed by atoms with E-state index >= 15 is 0 Å². The topological polar surface area (TPSA) is 97.6 Å². The van der Waals surface area contributed by atoms with Gasteiger partial charge in [-0.2, -0.15) is 4.98 Å². The molecule has 142 valence electrons. The second kappa shape index (κ2) is 7.38. The predicted octanol–water partition coefficient (Wildman–Crippen LogP) is 1.67. The molecular formula is C19H22N4O4. The highest BCUT2D eigenvalue weighted by Gasteiger charge is 2.36. The molecule has 4 rings (SSSR count). The fourth-order valence-corrected chi connectivity index (χ4v) is 3.28. The van der Waals surface area contributed by atoms with E-state index < -0.39 is 0 Å². The highest BCUT2D eigenvalue weighted by molar-refractivity contribution is 6.01. The number of para-hydroxylation sites is 2. The van der Waals surface area contributed by atoms with Gasteiger partial charge in [0.2, 0.25) is 17.7 Å². The third-order valence-corrected chi connectivity index (χ3v) is 4.94. The van der Waals surface area contributed by atoms with Crippen molar-refractivity contribution in [3.8, 4) is 5.75 Å². The summed E-state index contributed by atoms with van der Waals surface area (Å²) in [6, 6.07) is 7.32. The number of rotatable bonds is 7. The molecule has 1 aliphatic carbocycles. The van der Waals surface area contributed by atoms with Gasteiger partial charge in [-0.3, -0.25) is 9.59 Å². The van der Waals surface area contributed by atoms with Gasteiger partial charge in [-0.15, -0.1) is 0 Å². The van der Waals surface area contributed by atoms with Crippen molar-refractivity contribution in [2.75, 3.05) is 25.1 Å². The number of ether oxygens (including phenoxy) is 1. The van der Waals surface area contributed by atoms with Crippen LogP contribution in [-0.2, 0) is 16.0 Å². The molecule has 27 heavy (non-hydrogen) atoms. The summed E-state index contributed by atoms with van der Waals surface area (Å²) in [7, 11) is 1.57. The summed E-state index contributed by atoms with van der Waals surface area (Å²) in [6.07, 6.45) is 2.92. The average molecular weight is 370 g/mol. The van der Waals surface area contributed by atoms with Gasteiger partial charge < -0.3 is 19.5 Å². The molecule has 1 atom stereocenters. The van der Waals surface area contributed by atoms with E-state index in [-0.39, 0.29) is 24.2 Å². The van der Waals surface area contributed by atoms with E-state index in [4.69, 9.17) is 9.26 Å². The molecule has 1 aromatic heterocycles. The Morgan fingerprint density at radius 1 is 1.37 bits per heavy atom. The number of aromatic nitrogens is 2. The lowest BCUT2D eigenvalue weighted by Crippen LogP contribution is -2.34. The number of hydrogen-bond acceptors (Lipinski definition) is 6. The van der Waals surface area contributed by atoms with Crippen molar-refractivity contribution in [2.24, 2.45) is 5.92 Å². The second-order valence-corrected chi connectivity index (χ2v) is 6.94. The lowest BCUT2D eigenvalue weighted by molar-refractivity contribution is -0.126. The highest BCUT2D eigenvalue weighted by atomic mass is 16.5. The van der Waals surface area contributed by atoms with E-state index in [1.165, 1.54) is 0 Å². The quantitative estimate of drug-likeness (QED) is 0.796. The minimum absolute atomic E-state index is 0.0781. The number of carbonyl (C=O) groups excluding carboxylic acids is 2. The first-order valence-corrected chi connectivity index (χ1v) is 9.19. The molecule has 1 saturated heterocycles. The van der Waals surface area contributed by atoms with E-state index in [9.17, 15) is 9.59 Å². The first-order valence-electron chi connectivity index (χ1n) is 9.19. The molecule has 8 heteroatoms. The molecule has 2 fully saturated rings. The first-order chi connectivity index (χ1) is 13.2. The van der Waals surface area contributed by atoms with Crippen molar-refractivity contribution >= 4 is 17.5 Å². The van der Waals surface area contributed by atoms with Crippen LogP contribution >= 0.6 is 0 Å². The van der Waals surface area contributed by atoms with Crippen LogP contribution in [0, 0.1) is 5.92 Å². The number of hydrogen-bond donors (Lipinski definition) is 1. The summed E-state index contributed by atoms with van der Waals surface area (Å²) in [5, 5.41) is 6.83. The fourth-order valence-electron chi connectivity index (χ4n) is 3.28. The fraction of sp³-hybridized carbons (Fsp3) is 0.474. The van der Waals surface area contributed by atoms with Crippen LogP contribution in [0.4, 0.5) is 5.69 Å². The monoisotopic (exact) mass is 370 g/mol. The van der Waals surface area contributed by atoms with Crippen LogP contribution in [0.2, 0.25) is 0 Å². The number of methoxy groups -OCH3 is 1. The minimum atomic E-state index is -0.382. The summed E-state index contributed by atoms with van der Waals surface area (Å²) in [5.74, 6) is 1.78. The van der Waals surface area contributed by atoms with Crippen molar-refractivity contribution in [3.63, 3.8) is 0 Å². The Kier molecular flexibility index (Phi) is 4.79. The largest absolute Gasteiger partial charge is 0.495 e. The van der Waals surface area contributed by atoms with Crippen LogP contribution in [0.25, 0.3) is 0 Å². The maximum Gasteiger partial charge on any atom is 0.228 e. The van der Waals surface area contributed by atoms with Gasteiger partial charge >= 0.3 is 0 Å². The number of nitrogens with one attached hydrogen (secondary N) is 1. The second-order valence-electron chi connectivity index (χ2n) is 6.94. The van der Waals surface area contributed by atoms with E-state index in [1.807, 2.05) is 18.2 Å². The van der Waals surface area contributed by atoms with Crippen molar-refractivity contribution < 1.29 is 18.8 Å². The van der Waals surface area contributed by atoms with Crippen LogP contribution in [0.15, 0.2) is 28.8 Å². The van der Waals surface area contributed by atoms with Crippen LogP contribution in [0.5, 0.6) is 5.75 Å². The van der Waals surface area contributed by atoms with E-state index in [0.29, 0.717) is 42.8 Å². The lowest BCUT2D eigenvalue weighted by atomic mass is 10.1. The smallest absolute Gasteiger partial charge is 0.228 e. The molecule has 1 aliphatic heterocycles. The minimum Gasteiger partial charge on any atom is -0.495 e. The zero-order valence-corrected chi connectivity index (χ0v) is 15.2. The molecule has 1 saturated carbocycles. The Labute approximate surface area is 156 Å². The lowest BCUT2D eigenvalue weighted by Gasteiger charge is -2.19. The highest BCUT2D eigenvalue weighted by Crippen LogP contribution is 2.38. The number of nitrogens with zero attached hydrogens (tertiary/aromatic N) is 3. The van der Waals surface area contributed by atoms with Gasteiger partial charge in [-0.1, -0.05) is 17.3 Å². The van der Waals surface area contributed by atoms with Gasteiger partial charge in [0, 0.05) is 31.8 Å². The van der Waals surface area contributed by atoms with Crippen molar-refractivity contribution in [1.29, 1.82) is 0 Å². The molecule has 0 spiro atoms. The number of amides is 2. The molecular weight excluding hydrogens is 348 g/mol. The Balaban J connectivity index is 1.30. The third-order valence-electron chi connectivity index (χ3n) is 4.94. The standard InChI is InChI=1S/C19H22N4O4/c1-26-15-5-3-2-4-14(15)23-11-13(10-17(23)24)19(25)20-9-8-16-21-18(22-27-16)12-6-7-12/h2-5,12-13H,6-11H2,1H3,(H,20,25). The van der Waals surface area contributed by atoms with Crippen molar-refractivity contribution in [1.82, 2.24) is 15.5 Å². The number of carbonyl (C=O) groups is 2. The van der Waals surface area contributed by atoms with E-state index in [1.54, 1.807) is 18.1 Å². The zero-order valence-electron chi connectivity index (χ0n) is 15.2. The summed E-state index contributed by atoms with van der Waals surface area (Å²) in [6.45, 7) is 0.752. The molecule has 1 N–H and O–H groups in total. The molecule has 2 heterocycles. The number of benzene rings is 1.